The second-order valence-corrected chi connectivity index (χ2v) is 5.59. The first-order valence-corrected chi connectivity index (χ1v) is 7.49. The van der Waals surface area contributed by atoms with E-state index >= 15 is 0 Å². The number of nitrogens with two attached hydrogens (primary N) is 1. The van der Waals surface area contributed by atoms with Crippen molar-refractivity contribution in [3.8, 4) is 5.75 Å². The monoisotopic (exact) mass is 296 g/mol. The third-order valence-electron chi connectivity index (χ3n) is 3.90. The predicted octanol–water partition coefficient (Wildman–Crippen LogP) is 2.81. The molecule has 1 aliphatic heterocycles. The van der Waals surface area contributed by atoms with Crippen molar-refractivity contribution >= 4 is 11.6 Å². The van der Waals surface area contributed by atoms with E-state index in [1.54, 1.807) is 4.90 Å². The second kappa shape index (κ2) is 6.20. The lowest BCUT2D eigenvalue weighted by atomic mass is 10.0. The maximum atomic E-state index is 12.6. The minimum atomic E-state index is -0.287. The molecule has 0 bridgehead atoms. The highest BCUT2D eigenvalue weighted by molar-refractivity contribution is 5.95. The summed E-state index contributed by atoms with van der Waals surface area (Å²) in [6.45, 7) is 3.09. The first kappa shape index (κ1) is 14.6. The Balaban J connectivity index is 1.77. The standard InChI is InChI=1S/C18H20N2O2/c1-13-7-8-16-17(11-13)22-10-9-20(16)18(21)12-15(19)14-5-3-2-4-6-14/h2-8,11,15H,9-10,12,19H2,1H3. The van der Waals surface area contributed by atoms with Crippen LogP contribution in [0.25, 0.3) is 0 Å². The normalized spacial score (nSPS) is 14.9. The molecule has 0 saturated heterocycles. The number of benzene rings is 2. The molecule has 0 fully saturated rings. The Morgan fingerprint density at radius 1 is 1.27 bits per heavy atom. The maximum absolute atomic E-state index is 12.6. The summed E-state index contributed by atoms with van der Waals surface area (Å²) in [4.78, 5) is 14.4. The lowest BCUT2D eigenvalue weighted by Gasteiger charge is -2.30. The van der Waals surface area contributed by atoms with Gasteiger partial charge in [0.1, 0.15) is 12.4 Å². The first-order valence-electron chi connectivity index (χ1n) is 7.49. The van der Waals surface area contributed by atoms with Crippen LogP contribution in [0.2, 0.25) is 0 Å². The summed E-state index contributed by atoms with van der Waals surface area (Å²) in [7, 11) is 0. The van der Waals surface area contributed by atoms with E-state index in [1.165, 1.54) is 0 Å². The summed E-state index contributed by atoms with van der Waals surface area (Å²) in [6.07, 6.45) is 0.289. The molecule has 2 aromatic rings. The van der Waals surface area contributed by atoms with Gasteiger partial charge in [0, 0.05) is 12.5 Å². The molecule has 1 unspecified atom stereocenters. The molecule has 114 valence electrons. The molecule has 3 rings (SSSR count). The first-order chi connectivity index (χ1) is 10.6. The van der Waals surface area contributed by atoms with Gasteiger partial charge >= 0.3 is 0 Å². The van der Waals surface area contributed by atoms with Gasteiger partial charge in [0.25, 0.3) is 0 Å². The van der Waals surface area contributed by atoms with E-state index in [0.29, 0.717) is 13.2 Å². The van der Waals surface area contributed by atoms with Gasteiger partial charge in [0.15, 0.2) is 0 Å². The van der Waals surface area contributed by atoms with Gasteiger partial charge in [-0.05, 0) is 30.2 Å². The van der Waals surface area contributed by atoms with E-state index in [0.717, 1.165) is 22.6 Å². The fourth-order valence-electron chi connectivity index (χ4n) is 2.70. The maximum Gasteiger partial charge on any atom is 0.229 e. The lowest BCUT2D eigenvalue weighted by Crippen LogP contribution is -2.39. The number of anilines is 1. The summed E-state index contributed by atoms with van der Waals surface area (Å²) in [5.74, 6) is 0.803. The molecule has 2 aromatic carbocycles. The number of ether oxygens (including phenoxy) is 1. The van der Waals surface area contributed by atoms with E-state index in [2.05, 4.69) is 0 Å². The van der Waals surface area contributed by atoms with Crippen LogP contribution in [0, 0.1) is 6.92 Å². The van der Waals surface area contributed by atoms with Crippen LogP contribution in [0.1, 0.15) is 23.6 Å². The molecule has 0 aliphatic carbocycles. The summed E-state index contributed by atoms with van der Waals surface area (Å²) < 4.78 is 5.65. The molecule has 1 heterocycles. The molecular weight excluding hydrogens is 276 g/mol. The molecule has 1 amide bonds. The van der Waals surface area contributed by atoms with Crippen LogP contribution in [0.4, 0.5) is 5.69 Å². The molecule has 4 nitrogen and oxygen atoms in total. The van der Waals surface area contributed by atoms with Crippen molar-refractivity contribution in [1.29, 1.82) is 0 Å². The van der Waals surface area contributed by atoms with Crippen LogP contribution in [-0.4, -0.2) is 19.1 Å². The van der Waals surface area contributed by atoms with Crippen LogP contribution in [0.3, 0.4) is 0 Å². The van der Waals surface area contributed by atoms with Gasteiger partial charge in [-0.2, -0.15) is 0 Å². The molecule has 4 heteroatoms. The van der Waals surface area contributed by atoms with Gasteiger partial charge in [0.2, 0.25) is 5.91 Å². The zero-order valence-electron chi connectivity index (χ0n) is 12.7. The highest BCUT2D eigenvalue weighted by atomic mass is 16.5. The van der Waals surface area contributed by atoms with Gasteiger partial charge < -0.3 is 15.4 Å². The molecular formula is C18H20N2O2. The molecule has 0 radical (unpaired) electrons. The molecule has 0 saturated carbocycles. The van der Waals surface area contributed by atoms with Crippen molar-refractivity contribution < 1.29 is 9.53 Å². The second-order valence-electron chi connectivity index (χ2n) is 5.59. The number of carbonyl (C=O) groups is 1. The van der Waals surface area contributed by atoms with E-state index < -0.39 is 0 Å². The van der Waals surface area contributed by atoms with Crippen LogP contribution >= 0.6 is 0 Å². The van der Waals surface area contributed by atoms with Crippen molar-refractivity contribution in [1.82, 2.24) is 0 Å². The average Bonchev–Trinajstić information content (AvgIpc) is 2.54. The molecule has 0 spiro atoms. The Morgan fingerprint density at radius 3 is 2.82 bits per heavy atom. The molecule has 1 aliphatic rings. The number of hydrogen-bond acceptors (Lipinski definition) is 3. The minimum absolute atomic E-state index is 0.0322. The van der Waals surface area contributed by atoms with E-state index in [-0.39, 0.29) is 18.4 Å². The summed E-state index contributed by atoms with van der Waals surface area (Å²) in [6, 6.07) is 15.3. The Morgan fingerprint density at radius 2 is 2.05 bits per heavy atom. The number of amides is 1. The van der Waals surface area contributed by atoms with Crippen LogP contribution in [0.5, 0.6) is 5.75 Å². The number of carbonyl (C=O) groups excluding carboxylic acids is 1. The fourth-order valence-corrected chi connectivity index (χ4v) is 2.70. The van der Waals surface area contributed by atoms with Gasteiger partial charge in [0.05, 0.1) is 12.2 Å². The molecule has 2 N–H and O–H groups in total. The predicted molar refractivity (Wildman–Crippen MR) is 87.0 cm³/mol. The van der Waals surface area contributed by atoms with Crippen molar-refractivity contribution in [2.75, 3.05) is 18.1 Å². The topological polar surface area (TPSA) is 55.6 Å². The smallest absolute Gasteiger partial charge is 0.229 e. The van der Waals surface area contributed by atoms with Crippen molar-refractivity contribution in [3.05, 3.63) is 59.7 Å². The Kier molecular flexibility index (Phi) is 4.11. The molecule has 0 aromatic heterocycles. The van der Waals surface area contributed by atoms with Crippen LogP contribution in [-0.2, 0) is 4.79 Å². The summed E-state index contributed by atoms with van der Waals surface area (Å²) in [5, 5.41) is 0. The molecule has 1 atom stereocenters. The van der Waals surface area contributed by atoms with Crippen LogP contribution < -0.4 is 15.4 Å². The quantitative estimate of drug-likeness (QED) is 0.947. The van der Waals surface area contributed by atoms with Gasteiger partial charge in [-0.1, -0.05) is 36.4 Å². The highest BCUT2D eigenvalue weighted by Crippen LogP contribution is 2.33. The number of nitrogens with zero attached hydrogens (tertiary/aromatic N) is 1. The third-order valence-corrected chi connectivity index (χ3v) is 3.90. The van der Waals surface area contributed by atoms with Gasteiger partial charge in [-0.3, -0.25) is 4.79 Å². The fraction of sp³-hybridized carbons (Fsp3) is 0.278. The Bertz CT molecular complexity index is 670. The van der Waals surface area contributed by atoms with Crippen molar-refractivity contribution in [3.63, 3.8) is 0 Å². The lowest BCUT2D eigenvalue weighted by molar-refractivity contribution is -0.119. The zero-order chi connectivity index (χ0) is 15.5. The van der Waals surface area contributed by atoms with Crippen molar-refractivity contribution in [2.45, 2.75) is 19.4 Å². The molecule has 22 heavy (non-hydrogen) atoms. The van der Waals surface area contributed by atoms with Crippen molar-refractivity contribution in [2.24, 2.45) is 5.73 Å². The van der Waals surface area contributed by atoms with Gasteiger partial charge in [-0.25, -0.2) is 0 Å². The number of aryl methyl sites for hydroxylation is 1. The van der Waals surface area contributed by atoms with Crippen LogP contribution in [0.15, 0.2) is 48.5 Å². The van der Waals surface area contributed by atoms with Gasteiger partial charge in [-0.15, -0.1) is 0 Å². The Hall–Kier alpha value is -2.33. The van der Waals surface area contributed by atoms with E-state index in [1.807, 2.05) is 55.5 Å². The zero-order valence-corrected chi connectivity index (χ0v) is 12.7. The van der Waals surface area contributed by atoms with E-state index in [9.17, 15) is 4.79 Å². The Labute approximate surface area is 130 Å². The minimum Gasteiger partial charge on any atom is -0.490 e. The largest absolute Gasteiger partial charge is 0.490 e. The van der Waals surface area contributed by atoms with E-state index in [4.69, 9.17) is 10.5 Å². The number of hydrogen-bond donors (Lipinski definition) is 1. The summed E-state index contributed by atoms with van der Waals surface area (Å²) in [5.41, 5.74) is 9.10. The number of fused-ring (bicyclic) bond motifs is 1. The average molecular weight is 296 g/mol. The third kappa shape index (κ3) is 2.97. The summed E-state index contributed by atoms with van der Waals surface area (Å²) >= 11 is 0. The SMILES string of the molecule is Cc1ccc2c(c1)OCCN2C(=O)CC(N)c1ccccc1. The highest BCUT2D eigenvalue weighted by Gasteiger charge is 2.25. The number of rotatable bonds is 3.